The number of hydrogen-bond acceptors (Lipinski definition) is 1. The van der Waals surface area contributed by atoms with E-state index in [2.05, 4.69) is 33.0 Å². The molecule has 0 fully saturated rings. The van der Waals surface area contributed by atoms with Crippen LogP contribution in [-0.2, 0) is 6.42 Å². The molecule has 0 spiro atoms. The van der Waals surface area contributed by atoms with Crippen LogP contribution in [0.5, 0.6) is 0 Å². The van der Waals surface area contributed by atoms with Gasteiger partial charge in [-0.1, -0.05) is 33.8 Å². The Labute approximate surface area is 117 Å². The van der Waals surface area contributed by atoms with E-state index in [9.17, 15) is 4.39 Å². The lowest BCUT2D eigenvalue weighted by Crippen LogP contribution is -2.33. The summed E-state index contributed by atoms with van der Waals surface area (Å²) in [5.74, 6) is 0.496. The lowest BCUT2D eigenvalue weighted by atomic mass is 9.77. The maximum Gasteiger partial charge on any atom is 0.123 e. The average Bonchev–Trinajstić information content (AvgIpc) is 2.30. The van der Waals surface area contributed by atoms with Gasteiger partial charge in [0.25, 0.3) is 0 Å². The van der Waals surface area contributed by atoms with Crippen LogP contribution in [0.2, 0.25) is 0 Å². The summed E-state index contributed by atoms with van der Waals surface area (Å²) in [5.41, 5.74) is 2.61. The molecule has 19 heavy (non-hydrogen) atoms. The lowest BCUT2D eigenvalue weighted by Gasteiger charge is -2.31. The van der Waals surface area contributed by atoms with E-state index >= 15 is 0 Å². The molecule has 0 amide bonds. The highest BCUT2D eigenvalue weighted by Gasteiger charge is 2.23. The largest absolute Gasteiger partial charge is 0.317 e. The van der Waals surface area contributed by atoms with Crippen LogP contribution >= 0.6 is 0 Å². The number of hydrogen-bond donors (Lipinski definition) is 1. The quantitative estimate of drug-likeness (QED) is 0.835. The van der Waals surface area contributed by atoms with Crippen LogP contribution in [0.4, 0.5) is 4.39 Å². The molecular weight excluding hydrogens is 237 g/mol. The van der Waals surface area contributed by atoms with Crippen molar-refractivity contribution in [2.45, 2.75) is 53.5 Å². The van der Waals surface area contributed by atoms with Gasteiger partial charge in [0.1, 0.15) is 5.82 Å². The molecule has 0 saturated heterocycles. The maximum absolute atomic E-state index is 13.1. The monoisotopic (exact) mass is 265 g/mol. The summed E-state index contributed by atoms with van der Waals surface area (Å²) in [4.78, 5) is 0. The third kappa shape index (κ3) is 4.94. The molecular formula is C17H28FN. The van der Waals surface area contributed by atoms with Gasteiger partial charge < -0.3 is 5.32 Å². The Morgan fingerprint density at radius 3 is 2.37 bits per heavy atom. The highest BCUT2D eigenvalue weighted by molar-refractivity contribution is 5.27. The molecule has 0 heterocycles. The predicted molar refractivity (Wildman–Crippen MR) is 80.9 cm³/mol. The van der Waals surface area contributed by atoms with E-state index in [0.717, 1.165) is 18.4 Å². The Morgan fingerprint density at radius 1 is 1.26 bits per heavy atom. The zero-order chi connectivity index (χ0) is 14.6. The van der Waals surface area contributed by atoms with E-state index in [1.807, 2.05) is 20.0 Å². The summed E-state index contributed by atoms with van der Waals surface area (Å²) >= 11 is 0. The van der Waals surface area contributed by atoms with E-state index in [1.54, 1.807) is 12.1 Å². The van der Waals surface area contributed by atoms with Gasteiger partial charge >= 0.3 is 0 Å². The Kier molecular flexibility index (Phi) is 5.54. The Balaban J connectivity index is 2.72. The molecule has 0 radical (unpaired) electrons. The lowest BCUT2D eigenvalue weighted by molar-refractivity contribution is 0.225. The molecule has 0 aliphatic carbocycles. The molecule has 0 aromatic heterocycles. The van der Waals surface area contributed by atoms with Crippen LogP contribution in [0.3, 0.4) is 0 Å². The fourth-order valence-electron chi connectivity index (χ4n) is 2.24. The molecule has 2 heteroatoms. The van der Waals surface area contributed by atoms with Crippen LogP contribution < -0.4 is 5.32 Å². The molecule has 1 nitrogen and oxygen atoms in total. The number of nitrogens with one attached hydrogen (secondary N) is 1. The summed E-state index contributed by atoms with van der Waals surface area (Å²) in [7, 11) is 2.01. The molecule has 0 aliphatic rings. The van der Waals surface area contributed by atoms with Crippen molar-refractivity contribution in [3.63, 3.8) is 0 Å². The van der Waals surface area contributed by atoms with Gasteiger partial charge in [0.2, 0.25) is 0 Å². The molecule has 2 unspecified atom stereocenters. The van der Waals surface area contributed by atoms with E-state index < -0.39 is 0 Å². The van der Waals surface area contributed by atoms with E-state index in [-0.39, 0.29) is 5.82 Å². The number of rotatable bonds is 5. The van der Waals surface area contributed by atoms with Gasteiger partial charge in [-0.05, 0) is 61.4 Å². The number of halogens is 1. The van der Waals surface area contributed by atoms with Gasteiger partial charge in [-0.25, -0.2) is 4.39 Å². The van der Waals surface area contributed by atoms with E-state index in [1.165, 1.54) is 5.56 Å². The fraction of sp³-hybridized carbons (Fsp3) is 0.647. The third-order valence-electron chi connectivity index (χ3n) is 4.30. The van der Waals surface area contributed by atoms with Crippen molar-refractivity contribution >= 4 is 0 Å². The van der Waals surface area contributed by atoms with Crippen molar-refractivity contribution in [3.8, 4) is 0 Å². The molecule has 0 aliphatic heterocycles. The number of aryl methyl sites for hydroxylation is 1. The average molecular weight is 265 g/mol. The van der Waals surface area contributed by atoms with Crippen molar-refractivity contribution < 1.29 is 4.39 Å². The molecule has 1 aromatic carbocycles. The second-order valence-electron chi connectivity index (χ2n) is 6.76. The van der Waals surface area contributed by atoms with Gasteiger partial charge in [-0.15, -0.1) is 0 Å². The maximum atomic E-state index is 13.1. The minimum atomic E-state index is -0.148. The summed E-state index contributed by atoms with van der Waals surface area (Å²) in [6.07, 6.45) is 2.10. The summed E-state index contributed by atoms with van der Waals surface area (Å²) in [5, 5.41) is 3.40. The molecule has 1 rings (SSSR count). The topological polar surface area (TPSA) is 12.0 Å². The highest BCUT2D eigenvalue weighted by Crippen LogP contribution is 2.29. The normalized spacial score (nSPS) is 15.3. The molecule has 1 N–H and O–H groups in total. The van der Waals surface area contributed by atoms with Crippen molar-refractivity contribution in [2.24, 2.45) is 11.3 Å². The number of benzene rings is 1. The minimum Gasteiger partial charge on any atom is -0.317 e. The van der Waals surface area contributed by atoms with Crippen LogP contribution in [0.1, 0.15) is 45.2 Å². The van der Waals surface area contributed by atoms with Crippen molar-refractivity contribution in [3.05, 3.63) is 35.1 Å². The first-order chi connectivity index (χ1) is 8.74. The highest BCUT2D eigenvalue weighted by atomic mass is 19.1. The third-order valence-corrected chi connectivity index (χ3v) is 4.30. The Hall–Kier alpha value is -0.890. The van der Waals surface area contributed by atoms with Crippen molar-refractivity contribution in [1.29, 1.82) is 0 Å². The van der Waals surface area contributed by atoms with Crippen LogP contribution in [-0.4, -0.2) is 13.1 Å². The minimum absolute atomic E-state index is 0.148. The van der Waals surface area contributed by atoms with Gasteiger partial charge in [0, 0.05) is 6.04 Å². The summed E-state index contributed by atoms with van der Waals surface area (Å²) in [6, 6.07) is 5.53. The Morgan fingerprint density at radius 2 is 1.89 bits per heavy atom. The SMILES string of the molecule is CNC(Cc1ccc(F)cc1C)CC(C)C(C)(C)C. The first-order valence-electron chi connectivity index (χ1n) is 7.16. The first kappa shape index (κ1) is 16.2. The zero-order valence-electron chi connectivity index (χ0n) is 13.2. The molecule has 108 valence electrons. The predicted octanol–water partition coefficient (Wildman–Crippen LogP) is 4.34. The summed E-state index contributed by atoms with van der Waals surface area (Å²) in [6.45, 7) is 11.1. The Bertz CT molecular complexity index is 406. The van der Waals surface area contributed by atoms with Gasteiger partial charge in [0.05, 0.1) is 0 Å². The van der Waals surface area contributed by atoms with Crippen LogP contribution in [0, 0.1) is 24.1 Å². The second kappa shape index (κ2) is 6.51. The van der Waals surface area contributed by atoms with Crippen LogP contribution in [0.25, 0.3) is 0 Å². The summed E-state index contributed by atoms with van der Waals surface area (Å²) < 4.78 is 13.1. The molecule has 2 atom stereocenters. The molecule has 0 saturated carbocycles. The van der Waals surface area contributed by atoms with Crippen molar-refractivity contribution in [2.75, 3.05) is 7.05 Å². The van der Waals surface area contributed by atoms with Gasteiger partial charge in [-0.3, -0.25) is 0 Å². The molecule has 0 bridgehead atoms. The first-order valence-corrected chi connectivity index (χ1v) is 7.16. The van der Waals surface area contributed by atoms with Crippen molar-refractivity contribution in [1.82, 2.24) is 5.32 Å². The second-order valence-corrected chi connectivity index (χ2v) is 6.76. The fourth-order valence-corrected chi connectivity index (χ4v) is 2.24. The zero-order valence-corrected chi connectivity index (χ0v) is 13.2. The van der Waals surface area contributed by atoms with Gasteiger partial charge in [-0.2, -0.15) is 0 Å². The van der Waals surface area contributed by atoms with E-state index in [4.69, 9.17) is 0 Å². The standard InChI is InChI=1S/C17H28FN/c1-12-9-15(18)8-7-14(12)11-16(19-6)10-13(2)17(3,4)5/h7-9,13,16,19H,10-11H2,1-6H3. The van der Waals surface area contributed by atoms with Crippen LogP contribution in [0.15, 0.2) is 18.2 Å². The number of likely N-dealkylation sites (N-methyl/N-ethyl adjacent to an activating group) is 1. The smallest absolute Gasteiger partial charge is 0.123 e. The van der Waals surface area contributed by atoms with E-state index in [0.29, 0.717) is 17.4 Å². The molecule has 1 aromatic rings. The van der Waals surface area contributed by atoms with Gasteiger partial charge in [0.15, 0.2) is 0 Å².